The molecule has 1 unspecified atom stereocenters. The highest BCUT2D eigenvalue weighted by atomic mass is 19.1. The summed E-state index contributed by atoms with van der Waals surface area (Å²) >= 11 is 0. The Morgan fingerprint density at radius 1 is 1.19 bits per heavy atom. The smallest absolute Gasteiger partial charge is 0.253 e. The average Bonchev–Trinajstić information content (AvgIpc) is 2.61. The standard InChI is InChI=1S/C20H27FN4O/c1-2-23-18-6-4-3-5-11-25-19(26)12-17(24-20(18)25)14-22-13-15-7-9-16(21)10-8-15/h7-10,12,18,22-23H,2-6,11,13-14H2,1H3. The van der Waals surface area contributed by atoms with Gasteiger partial charge in [0.15, 0.2) is 0 Å². The van der Waals surface area contributed by atoms with E-state index in [9.17, 15) is 9.18 Å². The maximum atomic E-state index is 13.0. The first kappa shape index (κ1) is 18.7. The first-order valence-corrected chi connectivity index (χ1v) is 9.46. The Bertz CT molecular complexity index is 772. The summed E-state index contributed by atoms with van der Waals surface area (Å²) in [5.41, 5.74) is 1.78. The number of nitrogens with one attached hydrogen (secondary N) is 2. The lowest BCUT2D eigenvalue weighted by molar-refractivity contribution is 0.395. The van der Waals surface area contributed by atoms with Crippen LogP contribution in [0.2, 0.25) is 0 Å². The normalized spacial score (nSPS) is 17.4. The molecule has 2 N–H and O–H groups in total. The molecule has 6 heteroatoms. The fourth-order valence-corrected chi connectivity index (χ4v) is 3.46. The summed E-state index contributed by atoms with van der Waals surface area (Å²) in [6.45, 7) is 4.80. The van der Waals surface area contributed by atoms with Gasteiger partial charge < -0.3 is 10.6 Å². The number of aromatic nitrogens is 2. The second-order valence-electron chi connectivity index (χ2n) is 6.79. The number of halogens is 1. The van der Waals surface area contributed by atoms with Gasteiger partial charge in [0.2, 0.25) is 0 Å². The van der Waals surface area contributed by atoms with Gasteiger partial charge in [-0.3, -0.25) is 9.36 Å². The van der Waals surface area contributed by atoms with Crippen molar-refractivity contribution < 1.29 is 4.39 Å². The van der Waals surface area contributed by atoms with Crippen LogP contribution in [-0.2, 0) is 19.6 Å². The van der Waals surface area contributed by atoms with Crippen LogP contribution in [0.15, 0.2) is 35.1 Å². The van der Waals surface area contributed by atoms with Gasteiger partial charge >= 0.3 is 0 Å². The number of rotatable bonds is 6. The zero-order valence-electron chi connectivity index (χ0n) is 15.3. The van der Waals surface area contributed by atoms with Gasteiger partial charge in [-0.2, -0.15) is 0 Å². The summed E-state index contributed by atoms with van der Waals surface area (Å²) in [5, 5.41) is 6.76. The summed E-state index contributed by atoms with van der Waals surface area (Å²) in [6, 6.07) is 8.18. The minimum Gasteiger partial charge on any atom is -0.308 e. The number of fused-ring (bicyclic) bond motifs is 1. The SMILES string of the molecule is CCNC1CCCCCn2c1nc(CNCc1ccc(F)cc1)cc2=O. The van der Waals surface area contributed by atoms with Crippen molar-refractivity contribution in [2.24, 2.45) is 0 Å². The second-order valence-corrected chi connectivity index (χ2v) is 6.79. The van der Waals surface area contributed by atoms with Gasteiger partial charge in [-0.05, 0) is 37.1 Å². The molecule has 0 aliphatic carbocycles. The fraction of sp³-hybridized carbons (Fsp3) is 0.500. The van der Waals surface area contributed by atoms with E-state index in [1.165, 1.54) is 12.1 Å². The molecule has 3 rings (SSSR count). The molecule has 2 heterocycles. The summed E-state index contributed by atoms with van der Waals surface area (Å²) in [4.78, 5) is 17.4. The van der Waals surface area contributed by atoms with Gasteiger partial charge in [0.05, 0.1) is 11.7 Å². The van der Waals surface area contributed by atoms with Gasteiger partial charge in [-0.15, -0.1) is 0 Å². The van der Waals surface area contributed by atoms with E-state index >= 15 is 0 Å². The average molecular weight is 358 g/mol. The van der Waals surface area contributed by atoms with Gasteiger partial charge in [0, 0.05) is 25.7 Å². The van der Waals surface area contributed by atoms with Crippen LogP contribution in [0.3, 0.4) is 0 Å². The van der Waals surface area contributed by atoms with E-state index in [0.29, 0.717) is 13.1 Å². The molecule has 1 aliphatic heterocycles. The van der Waals surface area contributed by atoms with Gasteiger partial charge in [-0.1, -0.05) is 31.9 Å². The van der Waals surface area contributed by atoms with E-state index < -0.39 is 0 Å². The molecule has 0 bridgehead atoms. The number of nitrogens with zero attached hydrogens (tertiary/aromatic N) is 2. The van der Waals surface area contributed by atoms with Crippen molar-refractivity contribution in [3.63, 3.8) is 0 Å². The molecule has 0 amide bonds. The van der Waals surface area contributed by atoms with E-state index in [1.54, 1.807) is 18.2 Å². The lowest BCUT2D eigenvalue weighted by atomic mass is 10.0. The third-order valence-electron chi connectivity index (χ3n) is 4.78. The molecule has 26 heavy (non-hydrogen) atoms. The predicted molar refractivity (Wildman–Crippen MR) is 100 cm³/mol. The van der Waals surface area contributed by atoms with Crippen LogP contribution < -0.4 is 16.2 Å². The molecule has 0 saturated heterocycles. The molecule has 1 aromatic carbocycles. The van der Waals surface area contributed by atoms with Crippen LogP contribution in [-0.4, -0.2) is 16.1 Å². The van der Waals surface area contributed by atoms with Crippen LogP contribution in [0, 0.1) is 5.82 Å². The first-order valence-electron chi connectivity index (χ1n) is 9.46. The second kappa shape index (κ2) is 9.05. The zero-order valence-corrected chi connectivity index (χ0v) is 15.3. The summed E-state index contributed by atoms with van der Waals surface area (Å²) in [5.74, 6) is 0.622. The van der Waals surface area contributed by atoms with Crippen molar-refractivity contribution >= 4 is 0 Å². The Morgan fingerprint density at radius 2 is 2.00 bits per heavy atom. The molecule has 140 valence electrons. The molecule has 0 fully saturated rings. The molecule has 0 saturated carbocycles. The van der Waals surface area contributed by atoms with E-state index in [2.05, 4.69) is 17.6 Å². The van der Waals surface area contributed by atoms with Crippen molar-refractivity contribution in [1.29, 1.82) is 0 Å². The molecule has 0 radical (unpaired) electrons. The fourth-order valence-electron chi connectivity index (χ4n) is 3.46. The highest BCUT2D eigenvalue weighted by molar-refractivity contribution is 5.16. The molecular formula is C20H27FN4O. The summed E-state index contributed by atoms with van der Waals surface area (Å²) in [6.07, 6.45) is 4.33. The minimum absolute atomic E-state index is 0.0263. The molecular weight excluding hydrogens is 331 g/mol. The summed E-state index contributed by atoms with van der Waals surface area (Å²) < 4.78 is 14.8. The van der Waals surface area contributed by atoms with Crippen molar-refractivity contribution in [1.82, 2.24) is 20.2 Å². The van der Waals surface area contributed by atoms with Crippen LogP contribution in [0.25, 0.3) is 0 Å². The first-order chi connectivity index (χ1) is 12.7. The molecule has 0 spiro atoms. The number of hydrogen-bond acceptors (Lipinski definition) is 4. The summed E-state index contributed by atoms with van der Waals surface area (Å²) in [7, 11) is 0. The van der Waals surface area contributed by atoms with Gasteiger partial charge in [0.1, 0.15) is 11.6 Å². The Hall–Kier alpha value is -2.05. The minimum atomic E-state index is -0.237. The predicted octanol–water partition coefficient (Wildman–Crippen LogP) is 2.90. The Morgan fingerprint density at radius 3 is 2.77 bits per heavy atom. The van der Waals surface area contributed by atoms with Crippen LogP contribution in [0.1, 0.15) is 55.7 Å². The topological polar surface area (TPSA) is 59.0 Å². The van der Waals surface area contributed by atoms with Crippen LogP contribution in [0.4, 0.5) is 4.39 Å². The Labute approximate surface area is 153 Å². The number of hydrogen-bond donors (Lipinski definition) is 2. The maximum absolute atomic E-state index is 13.0. The van der Waals surface area contributed by atoms with Crippen LogP contribution in [0.5, 0.6) is 0 Å². The molecule has 1 aliphatic rings. The van der Waals surface area contributed by atoms with E-state index in [-0.39, 0.29) is 17.4 Å². The Kier molecular flexibility index (Phi) is 6.52. The van der Waals surface area contributed by atoms with E-state index in [0.717, 1.165) is 55.9 Å². The van der Waals surface area contributed by atoms with Crippen molar-refractivity contribution in [3.8, 4) is 0 Å². The van der Waals surface area contributed by atoms with Gasteiger partial charge in [0.25, 0.3) is 5.56 Å². The number of benzene rings is 1. The van der Waals surface area contributed by atoms with Crippen molar-refractivity contribution in [2.75, 3.05) is 6.54 Å². The molecule has 5 nitrogen and oxygen atoms in total. The quantitative estimate of drug-likeness (QED) is 0.834. The van der Waals surface area contributed by atoms with E-state index in [4.69, 9.17) is 4.98 Å². The van der Waals surface area contributed by atoms with Crippen LogP contribution >= 0.6 is 0 Å². The molecule has 2 aromatic rings. The molecule has 1 atom stereocenters. The lowest BCUT2D eigenvalue weighted by Gasteiger charge is -2.24. The lowest BCUT2D eigenvalue weighted by Crippen LogP contribution is -2.34. The van der Waals surface area contributed by atoms with E-state index in [1.807, 2.05) is 4.57 Å². The maximum Gasteiger partial charge on any atom is 0.253 e. The third kappa shape index (κ3) is 4.77. The van der Waals surface area contributed by atoms with Gasteiger partial charge in [-0.25, -0.2) is 9.37 Å². The largest absolute Gasteiger partial charge is 0.308 e. The van der Waals surface area contributed by atoms with Crippen molar-refractivity contribution in [2.45, 2.75) is 58.3 Å². The monoisotopic (exact) mass is 358 g/mol. The zero-order chi connectivity index (χ0) is 18.4. The Balaban J connectivity index is 1.74. The highest BCUT2D eigenvalue weighted by Crippen LogP contribution is 2.21. The third-order valence-corrected chi connectivity index (χ3v) is 4.78. The highest BCUT2D eigenvalue weighted by Gasteiger charge is 2.20. The molecule has 1 aromatic heterocycles. The van der Waals surface area contributed by atoms with Crippen molar-refractivity contribution in [3.05, 3.63) is 63.6 Å².